The van der Waals surface area contributed by atoms with Gasteiger partial charge in [0.05, 0.1) is 12.7 Å². The molecule has 1 atom stereocenters. The maximum absolute atomic E-state index is 6.30. The molecule has 0 aliphatic carbocycles. The first-order chi connectivity index (χ1) is 8.74. The van der Waals surface area contributed by atoms with Crippen LogP contribution in [0.4, 0.5) is 5.69 Å². The SMILES string of the molecule is CCC1CN(c2ccc(CNC)c(Cl)c2)CCO1. The normalized spacial score (nSPS) is 20.2. The van der Waals surface area contributed by atoms with Crippen molar-refractivity contribution in [3.63, 3.8) is 0 Å². The van der Waals surface area contributed by atoms with E-state index in [0.717, 1.165) is 43.2 Å². The predicted molar refractivity (Wildman–Crippen MR) is 76.5 cm³/mol. The summed E-state index contributed by atoms with van der Waals surface area (Å²) >= 11 is 6.30. The number of benzene rings is 1. The quantitative estimate of drug-likeness (QED) is 0.909. The summed E-state index contributed by atoms with van der Waals surface area (Å²) in [4.78, 5) is 2.35. The highest BCUT2D eigenvalue weighted by molar-refractivity contribution is 6.31. The van der Waals surface area contributed by atoms with Crippen molar-refractivity contribution in [2.45, 2.75) is 26.0 Å². The van der Waals surface area contributed by atoms with Crippen molar-refractivity contribution < 1.29 is 4.74 Å². The van der Waals surface area contributed by atoms with Gasteiger partial charge in [-0.25, -0.2) is 0 Å². The molecule has 4 heteroatoms. The first kappa shape index (κ1) is 13.7. The molecule has 2 rings (SSSR count). The largest absolute Gasteiger partial charge is 0.375 e. The number of hydrogen-bond donors (Lipinski definition) is 1. The van der Waals surface area contributed by atoms with Crippen LogP contribution in [0.25, 0.3) is 0 Å². The Hall–Kier alpha value is -0.770. The maximum Gasteiger partial charge on any atom is 0.0748 e. The van der Waals surface area contributed by atoms with E-state index in [1.807, 2.05) is 7.05 Å². The summed E-state index contributed by atoms with van der Waals surface area (Å²) in [6.07, 6.45) is 1.40. The lowest BCUT2D eigenvalue weighted by Gasteiger charge is -2.34. The molecule has 100 valence electrons. The van der Waals surface area contributed by atoms with Gasteiger partial charge in [-0.1, -0.05) is 24.6 Å². The average molecular weight is 269 g/mol. The van der Waals surface area contributed by atoms with Gasteiger partial charge in [-0.2, -0.15) is 0 Å². The van der Waals surface area contributed by atoms with Gasteiger partial charge in [0.25, 0.3) is 0 Å². The van der Waals surface area contributed by atoms with E-state index < -0.39 is 0 Å². The monoisotopic (exact) mass is 268 g/mol. The van der Waals surface area contributed by atoms with Crippen LogP contribution in [0.2, 0.25) is 5.02 Å². The van der Waals surface area contributed by atoms with E-state index in [4.69, 9.17) is 16.3 Å². The van der Waals surface area contributed by atoms with Gasteiger partial charge < -0.3 is 15.0 Å². The lowest BCUT2D eigenvalue weighted by Crippen LogP contribution is -2.42. The highest BCUT2D eigenvalue weighted by Gasteiger charge is 2.19. The standard InChI is InChI=1S/C14H21ClN2O/c1-3-13-10-17(6-7-18-13)12-5-4-11(9-16-2)14(15)8-12/h4-5,8,13,16H,3,6-7,9-10H2,1-2H3. The maximum atomic E-state index is 6.30. The third-order valence-corrected chi connectivity index (χ3v) is 3.71. The smallest absolute Gasteiger partial charge is 0.0748 e. The third-order valence-electron chi connectivity index (χ3n) is 3.36. The Morgan fingerprint density at radius 3 is 3.00 bits per heavy atom. The number of rotatable bonds is 4. The molecule has 1 fully saturated rings. The minimum atomic E-state index is 0.342. The Balaban J connectivity index is 2.10. The summed E-state index contributed by atoms with van der Waals surface area (Å²) in [5, 5.41) is 3.96. The first-order valence-corrected chi connectivity index (χ1v) is 6.92. The number of anilines is 1. The number of halogens is 1. The van der Waals surface area contributed by atoms with Gasteiger partial charge in [-0.05, 0) is 31.2 Å². The van der Waals surface area contributed by atoms with E-state index >= 15 is 0 Å². The lowest BCUT2D eigenvalue weighted by atomic mass is 10.1. The van der Waals surface area contributed by atoms with Crippen molar-refractivity contribution in [3.8, 4) is 0 Å². The second kappa shape index (κ2) is 6.41. The van der Waals surface area contributed by atoms with Gasteiger partial charge in [0, 0.05) is 30.3 Å². The van der Waals surface area contributed by atoms with E-state index in [0.29, 0.717) is 6.10 Å². The molecule has 1 heterocycles. The Morgan fingerprint density at radius 2 is 2.33 bits per heavy atom. The Kier molecular flexibility index (Phi) is 4.87. The topological polar surface area (TPSA) is 24.5 Å². The zero-order valence-electron chi connectivity index (χ0n) is 11.1. The molecule has 1 aromatic rings. The molecule has 1 N–H and O–H groups in total. The molecule has 3 nitrogen and oxygen atoms in total. The molecule has 1 aliphatic rings. The van der Waals surface area contributed by atoms with Crippen LogP contribution in [-0.2, 0) is 11.3 Å². The van der Waals surface area contributed by atoms with Gasteiger partial charge >= 0.3 is 0 Å². The molecule has 1 aromatic carbocycles. The second-order valence-corrected chi connectivity index (χ2v) is 5.06. The fourth-order valence-electron chi connectivity index (χ4n) is 2.27. The minimum absolute atomic E-state index is 0.342. The summed E-state index contributed by atoms with van der Waals surface area (Å²) in [6.45, 7) is 5.67. The van der Waals surface area contributed by atoms with Crippen LogP contribution < -0.4 is 10.2 Å². The van der Waals surface area contributed by atoms with Gasteiger partial charge in [0.2, 0.25) is 0 Å². The highest BCUT2D eigenvalue weighted by Crippen LogP contribution is 2.25. The van der Waals surface area contributed by atoms with Gasteiger partial charge in [-0.15, -0.1) is 0 Å². The van der Waals surface area contributed by atoms with Gasteiger partial charge in [0.1, 0.15) is 0 Å². The molecule has 18 heavy (non-hydrogen) atoms. The average Bonchev–Trinajstić information content (AvgIpc) is 2.41. The van der Waals surface area contributed by atoms with Crippen LogP contribution in [0, 0.1) is 0 Å². The molecular weight excluding hydrogens is 248 g/mol. The molecule has 1 unspecified atom stereocenters. The van der Waals surface area contributed by atoms with E-state index in [2.05, 4.69) is 35.3 Å². The predicted octanol–water partition coefficient (Wildman–Crippen LogP) is 2.67. The molecule has 0 amide bonds. The summed E-state index contributed by atoms with van der Waals surface area (Å²) in [5.74, 6) is 0. The van der Waals surface area contributed by atoms with Crippen molar-refractivity contribution in [2.75, 3.05) is 31.6 Å². The van der Waals surface area contributed by atoms with Crippen molar-refractivity contribution in [3.05, 3.63) is 28.8 Å². The zero-order valence-corrected chi connectivity index (χ0v) is 11.8. The Morgan fingerprint density at radius 1 is 1.50 bits per heavy atom. The van der Waals surface area contributed by atoms with Crippen LogP contribution in [-0.4, -0.2) is 32.8 Å². The molecule has 1 saturated heterocycles. The number of ether oxygens (including phenoxy) is 1. The van der Waals surface area contributed by atoms with Gasteiger partial charge in [0.15, 0.2) is 0 Å². The molecule has 0 saturated carbocycles. The first-order valence-electron chi connectivity index (χ1n) is 6.54. The van der Waals surface area contributed by atoms with Crippen LogP contribution >= 0.6 is 11.6 Å². The Labute approximate surface area is 114 Å². The van der Waals surface area contributed by atoms with Crippen LogP contribution in [0.15, 0.2) is 18.2 Å². The molecule has 0 bridgehead atoms. The van der Waals surface area contributed by atoms with Crippen LogP contribution in [0.3, 0.4) is 0 Å². The fourth-order valence-corrected chi connectivity index (χ4v) is 2.51. The number of hydrogen-bond acceptors (Lipinski definition) is 3. The number of nitrogens with zero attached hydrogens (tertiary/aromatic N) is 1. The summed E-state index contributed by atoms with van der Waals surface area (Å²) in [7, 11) is 1.93. The molecule has 1 aliphatic heterocycles. The molecular formula is C14H21ClN2O. The van der Waals surface area contributed by atoms with E-state index in [1.54, 1.807) is 0 Å². The fraction of sp³-hybridized carbons (Fsp3) is 0.571. The summed E-state index contributed by atoms with van der Waals surface area (Å²) < 4.78 is 5.69. The van der Waals surface area contributed by atoms with Crippen LogP contribution in [0.1, 0.15) is 18.9 Å². The third kappa shape index (κ3) is 3.16. The number of morpholine rings is 1. The van der Waals surface area contributed by atoms with Crippen molar-refractivity contribution in [1.29, 1.82) is 0 Å². The molecule has 0 aromatic heterocycles. The summed E-state index contributed by atoms with van der Waals surface area (Å²) in [6, 6.07) is 6.31. The number of nitrogens with one attached hydrogen (secondary N) is 1. The summed E-state index contributed by atoms with van der Waals surface area (Å²) in [5.41, 5.74) is 2.34. The van der Waals surface area contributed by atoms with E-state index in [-0.39, 0.29) is 0 Å². The molecule has 0 spiro atoms. The highest BCUT2D eigenvalue weighted by atomic mass is 35.5. The second-order valence-electron chi connectivity index (χ2n) is 4.65. The van der Waals surface area contributed by atoms with Gasteiger partial charge in [-0.3, -0.25) is 0 Å². The van der Waals surface area contributed by atoms with E-state index in [9.17, 15) is 0 Å². The minimum Gasteiger partial charge on any atom is -0.375 e. The van der Waals surface area contributed by atoms with Crippen molar-refractivity contribution in [2.24, 2.45) is 0 Å². The van der Waals surface area contributed by atoms with E-state index in [1.165, 1.54) is 5.69 Å². The van der Waals surface area contributed by atoms with Crippen LogP contribution in [0.5, 0.6) is 0 Å². The Bertz CT molecular complexity index is 397. The zero-order chi connectivity index (χ0) is 13.0. The van der Waals surface area contributed by atoms with Crippen molar-refractivity contribution >= 4 is 17.3 Å². The van der Waals surface area contributed by atoms with Crippen molar-refractivity contribution in [1.82, 2.24) is 5.32 Å². The lowest BCUT2D eigenvalue weighted by molar-refractivity contribution is 0.0384. The molecule has 0 radical (unpaired) electrons.